The van der Waals surface area contributed by atoms with E-state index in [1.165, 1.54) is 5.56 Å². The number of hydrogen-bond acceptors (Lipinski definition) is 3. The highest BCUT2D eigenvalue weighted by molar-refractivity contribution is 5.20. The molecule has 19 heavy (non-hydrogen) atoms. The lowest BCUT2D eigenvalue weighted by Crippen LogP contribution is -2.18. The van der Waals surface area contributed by atoms with Crippen LogP contribution in [0, 0.1) is 6.92 Å². The smallest absolute Gasteiger partial charge is 0.118 e. The van der Waals surface area contributed by atoms with E-state index in [4.69, 9.17) is 4.42 Å². The van der Waals surface area contributed by atoms with Crippen LogP contribution in [-0.4, -0.2) is 25.0 Å². The summed E-state index contributed by atoms with van der Waals surface area (Å²) in [4.78, 5) is 2.30. The summed E-state index contributed by atoms with van der Waals surface area (Å²) in [5, 5.41) is 3.42. The molecule has 0 saturated carbocycles. The van der Waals surface area contributed by atoms with Crippen LogP contribution in [0.1, 0.15) is 43.3 Å². The van der Waals surface area contributed by atoms with Gasteiger partial charge in [-0.2, -0.15) is 0 Å². The summed E-state index contributed by atoms with van der Waals surface area (Å²) in [7, 11) is 2.13. The highest BCUT2D eigenvalue weighted by Crippen LogP contribution is 2.16. The van der Waals surface area contributed by atoms with Crippen LogP contribution in [0.5, 0.6) is 0 Å². The molecule has 1 aromatic rings. The maximum absolute atomic E-state index is 5.82. The van der Waals surface area contributed by atoms with Crippen molar-refractivity contribution in [3.63, 3.8) is 0 Å². The van der Waals surface area contributed by atoms with Crippen molar-refractivity contribution in [2.75, 3.05) is 20.1 Å². The second-order valence-electron chi connectivity index (χ2n) is 5.14. The van der Waals surface area contributed by atoms with Gasteiger partial charge >= 0.3 is 0 Å². The summed E-state index contributed by atoms with van der Waals surface area (Å²) in [6.45, 7) is 11.9. The monoisotopic (exact) mass is 264 g/mol. The quantitative estimate of drug-likeness (QED) is 0.518. The van der Waals surface area contributed by atoms with Gasteiger partial charge < -0.3 is 9.73 Å². The topological polar surface area (TPSA) is 28.4 Å². The number of nitrogens with one attached hydrogen (secondary N) is 1. The number of rotatable bonds is 10. The molecule has 0 aliphatic rings. The minimum absolute atomic E-state index is 0.881. The molecule has 1 aromatic heterocycles. The van der Waals surface area contributed by atoms with E-state index in [1.54, 1.807) is 0 Å². The summed E-state index contributed by atoms with van der Waals surface area (Å²) in [5.74, 6) is 2.10. The third-order valence-corrected chi connectivity index (χ3v) is 3.19. The van der Waals surface area contributed by atoms with Crippen molar-refractivity contribution in [3.8, 4) is 0 Å². The van der Waals surface area contributed by atoms with Crippen LogP contribution in [0.3, 0.4) is 0 Å². The molecule has 0 aliphatic carbocycles. The molecule has 0 fully saturated rings. The van der Waals surface area contributed by atoms with E-state index >= 15 is 0 Å². The lowest BCUT2D eigenvalue weighted by Gasteiger charge is -2.13. The maximum Gasteiger partial charge on any atom is 0.118 e. The Kier molecular flexibility index (Phi) is 7.53. The van der Waals surface area contributed by atoms with E-state index in [2.05, 4.69) is 36.8 Å². The average molecular weight is 264 g/mol. The normalized spacial score (nSPS) is 11.2. The lowest BCUT2D eigenvalue weighted by atomic mass is 10.2. The first kappa shape index (κ1) is 16.0. The molecule has 1 heterocycles. The molecule has 3 heteroatoms. The number of aryl methyl sites for hydroxylation is 1. The second-order valence-corrected chi connectivity index (χ2v) is 5.14. The minimum Gasteiger partial charge on any atom is -0.465 e. The van der Waals surface area contributed by atoms with Gasteiger partial charge in [0.05, 0.1) is 6.54 Å². The van der Waals surface area contributed by atoms with E-state index in [0.29, 0.717) is 0 Å². The van der Waals surface area contributed by atoms with E-state index in [0.717, 1.165) is 57.0 Å². The van der Waals surface area contributed by atoms with Crippen molar-refractivity contribution in [1.29, 1.82) is 0 Å². The third kappa shape index (κ3) is 6.08. The maximum atomic E-state index is 5.82. The Hall–Kier alpha value is -1.06. The largest absolute Gasteiger partial charge is 0.465 e. The zero-order valence-electron chi connectivity index (χ0n) is 12.7. The molecule has 0 amide bonds. The molecule has 3 nitrogen and oxygen atoms in total. The van der Waals surface area contributed by atoms with Gasteiger partial charge in [0.1, 0.15) is 11.5 Å². The average Bonchev–Trinajstić information content (AvgIpc) is 2.70. The van der Waals surface area contributed by atoms with Gasteiger partial charge in [0.25, 0.3) is 0 Å². The number of furan rings is 1. The molecule has 1 rings (SSSR count). The third-order valence-electron chi connectivity index (χ3n) is 3.19. The van der Waals surface area contributed by atoms with E-state index in [1.807, 2.05) is 13.0 Å². The molecule has 0 unspecified atom stereocenters. The van der Waals surface area contributed by atoms with Gasteiger partial charge in [-0.05, 0) is 52.4 Å². The fraction of sp³-hybridized carbons (Fsp3) is 0.625. The fourth-order valence-corrected chi connectivity index (χ4v) is 2.09. The molecule has 0 atom stereocenters. The number of allylic oxidation sites excluding steroid dienone is 1. The van der Waals surface area contributed by atoms with Crippen LogP contribution in [0.15, 0.2) is 23.1 Å². The Labute approximate surface area is 117 Å². The van der Waals surface area contributed by atoms with Gasteiger partial charge in [-0.15, -0.1) is 6.58 Å². The van der Waals surface area contributed by atoms with E-state index in [9.17, 15) is 0 Å². The first-order chi connectivity index (χ1) is 9.17. The summed E-state index contributed by atoms with van der Waals surface area (Å²) >= 11 is 0. The van der Waals surface area contributed by atoms with Crippen molar-refractivity contribution in [2.45, 2.75) is 46.2 Å². The summed E-state index contributed by atoms with van der Waals surface area (Å²) in [6.07, 6.45) is 5.37. The summed E-state index contributed by atoms with van der Waals surface area (Å²) in [6, 6.07) is 2.18. The molecule has 0 radical (unpaired) electrons. The van der Waals surface area contributed by atoms with Gasteiger partial charge in [-0.1, -0.05) is 13.0 Å². The number of nitrogens with zero attached hydrogens (tertiary/aromatic N) is 1. The van der Waals surface area contributed by atoms with Gasteiger partial charge in [0, 0.05) is 12.1 Å². The van der Waals surface area contributed by atoms with Gasteiger partial charge in [0.15, 0.2) is 0 Å². The van der Waals surface area contributed by atoms with E-state index < -0.39 is 0 Å². The van der Waals surface area contributed by atoms with Crippen LogP contribution < -0.4 is 5.32 Å². The highest BCUT2D eigenvalue weighted by atomic mass is 16.3. The minimum atomic E-state index is 0.881. The standard InChI is InChI=1S/C16H28N2O/c1-5-7-8-10-18(4)13-16-11-15(14(3)19-16)12-17-9-6-2/h5,11,17H,1,6-10,12-13H2,2-4H3. The molecular formula is C16H28N2O. The number of unbranched alkanes of at least 4 members (excludes halogenated alkanes) is 1. The van der Waals surface area contributed by atoms with Crippen LogP contribution in [-0.2, 0) is 13.1 Å². The molecule has 0 aromatic carbocycles. The molecule has 0 saturated heterocycles. The first-order valence-electron chi connectivity index (χ1n) is 7.25. The molecule has 0 bridgehead atoms. The van der Waals surface area contributed by atoms with Gasteiger partial charge in [-0.25, -0.2) is 0 Å². The Morgan fingerprint density at radius 1 is 1.47 bits per heavy atom. The van der Waals surface area contributed by atoms with Gasteiger partial charge in [0.2, 0.25) is 0 Å². The Morgan fingerprint density at radius 3 is 2.95 bits per heavy atom. The van der Waals surface area contributed by atoms with Crippen LogP contribution >= 0.6 is 0 Å². The van der Waals surface area contributed by atoms with Crippen LogP contribution in [0.4, 0.5) is 0 Å². The Morgan fingerprint density at radius 2 is 2.26 bits per heavy atom. The second kappa shape index (κ2) is 8.94. The van der Waals surface area contributed by atoms with Crippen molar-refractivity contribution in [1.82, 2.24) is 10.2 Å². The van der Waals surface area contributed by atoms with Crippen molar-refractivity contribution in [2.24, 2.45) is 0 Å². The summed E-state index contributed by atoms with van der Waals surface area (Å²) < 4.78 is 5.82. The molecule has 1 N–H and O–H groups in total. The fourth-order valence-electron chi connectivity index (χ4n) is 2.09. The predicted octanol–water partition coefficient (Wildman–Crippen LogP) is 3.49. The molecule has 0 spiro atoms. The van der Waals surface area contributed by atoms with Gasteiger partial charge in [-0.3, -0.25) is 4.90 Å². The van der Waals surface area contributed by atoms with E-state index in [-0.39, 0.29) is 0 Å². The van der Waals surface area contributed by atoms with Crippen LogP contribution in [0.25, 0.3) is 0 Å². The first-order valence-corrected chi connectivity index (χ1v) is 7.25. The zero-order valence-corrected chi connectivity index (χ0v) is 12.7. The molecule has 108 valence electrons. The van der Waals surface area contributed by atoms with Crippen molar-refractivity contribution in [3.05, 3.63) is 35.8 Å². The van der Waals surface area contributed by atoms with Crippen molar-refractivity contribution >= 4 is 0 Å². The highest BCUT2D eigenvalue weighted by Gasteiger charge is 2.09. The SMILES string of the molecule is C=CCCCN(C)Cc1cc(CNCCC)c(C)o1. The number of hydrogen-bond donors (Lipinski definition) is 1. The Bertz CT molecular complexity index is 371. The lowest BCUT2D eigenvalue weighted by molar-refractivity contribution is 0.289. The molecular weight excluding hydrogens is 236 g/mol. The van der Waals surface area contributed by atoms with Crippen molar-refractivity contribution < 1.29 is 4.42 Å². The zero-order chi connectivity index (χ0) is 14.1. The summed E-state index contributed by atoms with van der Waals surface area (Å²) in [5.41, 5.74) is 1.28. The Balaban J connectivity index is 2.41. The van der Waals surface area contributed by atoms with Crippen LogP contribution in [0.2, 0.25) is 0 Å². The molecule has 0 aliphatic heterocycles. The predicted molar refractivity (Wildman–Crippen MR) is 81.2 cm³/mol.